The normalized spacial score (nSPS) is 18.3. The number of rotatable bonds is 5. The third-order valence-electron chi connectivity index (χ3n) is 5.25. The summed E-state index contributed by atoms with van der Waals surface area (Å²) in [5.74, 6) is 0.0992. The minimum Gasteiger partial charge on any atom is -0.388 e. The topological polar surface area (TPSA) is 69.2 Å². The first kappa shape index (κ1) is 16.8. The molecule has 1 saturated heterocycles. The Morgan fingerprint density at radius 2 is 1.96 bits per heavy atom. The van der Waals surface area contributed by atoms with Crippen LogP contribution in [0.15, 0.2) is 54.6 Å². The first-order valence-electron chi connectivity index (χ1n) is 9.17. The van der Waals surface area contributed by atoms with E-state index in [0.717, 1.165) is 41.5 Å². The smallest absolute Gasteiger partial charge is 0.228 e. The zero-order valence-electron chi connectivity index (χ0n) is 14.6. The monoisotopic (exact) mass is 349 g/mol. The Balaban J connectivity index is 1.45. The van der Waals surface area contributed by atoms with Crippen LogP contribution in [0.1, 0.15) is 36.6 Å². The standard InChI is InChI=1S/C21H23N3O2/c25-20(15-7-2-1-3-8-15)13-16-9-6-12-24(16)21(26)14-19-17-10-4-5-11-18(17)22-23-19/h1-5,7-8,10-11,16,20,25H,6,9,12-14H2,(H,22,23). The van der Waals surface area contributed by atoms with Crippen molar-refractivity contribution >= 4 is 16.8 Å². The van der Waals surface area contributed by atoms with Crippen molar-refractivity contribution in [1.29, 1.82) is 0 Å². The number of para-hydroxylation sites is 1. The van der Waals surface area contributed by atoms with E-state index in [4.69, 9.17) is 0 Å². The van der Waals surface area contributed by atoms with Crippen LogP contribution in [0.2, 0.25) is 0 Å². The molecule has 1 aliphatic rings. The molecule has 4 rings (SSSR count). The number of H-pyrrole nitrogens is 1. The summed E-state index contributed by atoms with van der Waals surface area (Å²) in [6.45, 7) is 0.761. The van der Waals surface area contributed by atoms with Gasteiger partial charge in [0.1, 0.15) is 0 Å². The molecule has 5 heteroatoms. The second kappa shape index (κ2) is 7.30. The maximum atomic E-state index is 12.9. The van der Waals surface area contributed by atoms with E-state index >= 15 is 0 Å². The van der Waals surface area contributed by atoms with Gasteiger partial charge in [-0.2, -0.15) is 5.10 Å². The van der Waals surface area contributed by atoms with Gasteiger partial charge in [-0.25, -0.2) is 0 Å². The predicted molar refractivity (Wildman–Crippen MR) is 101 cm³/mol. The van der Waals surface area contributed by atoms with Crippen LogP contribution >= 0.6 is 0 Å². The highest BCUT2D eigenvalue weighted by molar-refractivity contribution is 5.87. The third-order valence-corrected chi connectivity index (χ3v) is 5.25. The number of aliphatic hydroxyl groups excluding tert-OH is 1. The molecule has 0 spiro atoms. The Kier molecular flexibility index (Phi) is 4.71. The molecular weight excluding hydrogens is 326 g/mol. The molecule has 0 bridgehead atoms. The Morgan fingerprint density at radius 1 is 1.19 bits per heavy atom. The summed E-state index contributed by atoms with van der Waals surface area (Å²) >= 11 is 0. The van der Waals surface area contributed by atoms with Crippen LogP contribution in [0.4, 0.5) is 0 Å². The van der Waals surface area contributed by atoms with Crippen LogP contribution in [0.5, 0.6) is 0 Å². The van der Waals surface area contributed by atoms with Crippen molar-refractivity contribution in [1.82, 2.24) is 15.1 Å². The highest BCUT2D eigenvalue weighted by atomic mass is 16.3. The number of benzene rings is 2. The van der Waals surface area contributed by atoms with Gasteiger partial charge in [0.25, 0.3) is 0 Å². The number of aromatic amines is 1. The van der Waals surface area contributed by atoms with E-state index < -0.39 is 6.10 Å². The summed E-state index contributed by atoms with van der Waals surface area (Å²) in [5.41, 5.74) is 2.65. The van der Waals surface area contributed by atoms with Crippen LogP contribution in [-0.4, -0.2) is 38.7 Å². The number of nitrogens with zero attached hydrogens (tertiary/aromatic N) is 2. The fourth-order valence-corrected chi connectivity index (χ4v) is 3.88. The lowest BCUT2D eigenvalue weighted by molar-refractivity contribution is -0.131. The lowest BCUT2D eigenvalue weighted by atomic mass is 10.0. The minimum absolute atomic E-state index is 0.0897. The molecule has 5 nitrogen and oxygen atoms in total. The van der Waals surface area contributed by atoms with Crippen molar-refractivity contribution in [2.75, 3.05) is 6.54 Å². The first-order valence-corrected chi connectivity index (χ1v) is 9.17. The van der Waals surface area contributed by atoms with Crippen molar-refractivity contribution in [2.24, 2.45) is 0 Å². The summed E-state index contributed by atoms with van der Waals surface area (Å²) < 4.78 is 0. The van der Waals surface area contributed by atoms with E-state index in [2.05, 4.69) is 10.2 Å². The average molecular weight is 349 g/mol. The predicted octanol–water partition coefficient (Wildman–Crippen LogP) is 3.22. The van der Waals surface area contributed by atoms with Crippen molar-refractivity contribution < 1.29 is 9.90 Å². The maximum absolute atomic E-state index is 12.9. The highest BCUT2D eigenvalue weighted by Gasteiger charge is 2.31. The molecule has 0 saturated carbocycles. The second-order valence-corrected chi connectivity index (χ2v) is 6.94. The van der Waals surface area contributed by atoms with Crippen LogP contribution in [0, 0.1) is 0 Å². The summed E-state index contributed by atoms with van der Waals surface area (Å²) in [4.78, 5) is 14.8. The Labute approximate surface area is 152 Å². The van der Waals surface area contributed by atoms with Crippen LogP contribution < -0.4 is 0 Å². The Morgan fingerprint density at radius 3 is 2.81 bits per heavy atom. The molecule has 26 heavy (non-hydrogen) atoms. The largest absolute Gasteiger partial charge is 0.388 e. The van der Waals surface area contributed by atoms with Gasteiger partial charge in [-0.15, -0.1) is 0 Å². The summed E-state index contributed by atoms with van der Waals surface area (Å²) in [7, 11) is 0. The molecule has 2 aromatic carbocycles. The van der Waals surface area contributed by atoms with Crippen LogP contribution in [-0.2, 0) is 11.2 Å². The third kappa shape index (κ3) is 3.35. The van der Waals surface area contributed by atoms with Gasteiger partial charge < -0.3 is 10.0 Å². The van der Waals surface area contributed by atoms with E-state index in [1.807, 2.05) is 59.5 Å². The van der Waals surface area contributed by atoms with Crippen molar-refractivity contribution in [2.45, 2.75) is 37.8 Å². The number of nitrogens with one attached hydrogen (secondary N) is 1. The van der Waals surface area contributed by atoms with E-state index in [1.54, 1.807) is 0 Å². The number of carbonyl (C=O) groups excluding carboxylic acids is 1. The van der Waals surface area contributed by atoms with E-state index in [9.17, 15) is 9.90 Å². The lowest BCUT2D eigenvalue weighted by Crippen LogP contribution is -2.37. The molecule has 2 N–H and O–H groups in total. The number of likely N-dealkylation sites (tertiary alicyclic amines) is 1. The van der Waals surface area contributed by atoms with Gasteiger partial charge in [0.05, 0.1) is 23.7 Å². The van der Waals surface area contributed by atoms with Crippen molar-refractivity contribution in [3.8, 4) is 0 Å². The molecule has 134 valence electrons. The van der Waals surface area contributed by atoms with Crippen molar-refractivity contribution in [3.63, 3.8) is 0 Å². The SMILES string of the molecule is O=C(Cc1[nH]nc2ccccc12)N1CCCC1CC(O)c1ccccc1. The minimum atomic E-state index is -0.539. The molecule has 2 unspecified atom stereocenters. The number of aromatic nitrogens is 2. The summed E-state index contributed by atoms with van der Waals surface area (Å²) in [5, 5.41) is 18.8. The number of carbonyl (C=O) groups is 1. The zero-order valence-corrected chi connectivity index (χ0v) is 14.6. The molecular formula is C21H23N3O2. The number of aliphatic hydroxyl groups is 1. The molecule has 2 heterocycles. The lowest BCUT2D eigenvalue weighted by Gasteiger charge is -2.26. The molecule has 3 aromatic rings. The van der Waals surface area contributed by atoms with E-state index in [-0.39, 0.29) is 11.9 Å². The van der Waals surface area contributed by atoms with E-state index in [0.29, 0.717) is 12.8 Å². The average Bonchev–Trinajstić information content (AvgIpc) is 3.30. The number of hydrogen-bond donors (Lipinski definition) is 2. The maximum Gasteiger partial charge on any atom is 0.228 e. The Hall–Kier alpha value is -2.66. The van der Waals surface area contributed by atoms with Gasteiger partial charge in [0.15, 0.2) is 0 Å². The van der Waals surface area contributed by atoms with Crippen molar-refractivity contribution in [3.05, 3.63) is 65.9 Å². The molecule has 0 aliphatic carbocycles. The molecule has 1 amide bonds. The van der Waals surface area contributed by atoms with Gasteiger partial charge in [-0.05, 0) is 30.9 Å². The molecule has 1 aromatic heterocycles. The van der Waals surface area contributed by atoms with Crippen LogP contribution in [0.3, 0.4) is 0 Å². The van der Waals surface area contributed by atoms with Gasteiger partial charge >= 0.3 is 0 Å². The zero-order chi connectivity index (χ0) is 17.9. The second-order valence-electron chi connectivity index (χ2n) is 6.94. The van der Waals surface area contributed by atoms with Gasteiger partial charge in [0, 0.05) is 18.0 Å². The highest BCUT2D eigenvalue weighted by Crippen LogP contribution is 2.28. The number of amides is 1. The fourth-order valence-electron chi connectivity index (χ4n) is 3.88. The van der Waals surface area contributed by atoms with Gasteiger partial charge in [-0.3, -0.25) is 9.89 Å². The molecule has 1 fully saturated rings. The Bertz CT molecular complexity index is 890. The molecule has 1 aliphatic heterocycles. The number of fused-ring (bicyclic) bond motifs is 1. The van der Waals surface area contributed by atoms with Gasteiger partial charge in [0.2, 0.25) is 5.91 Å². The molecule has 2 atom stereocenters. The first-order chi connectivity index (χ1) is 12.7. The summed E-state index contributed by atoms with van der Waals surface area (Å²) in [6, 6.07) is 17.6. The fraction of sp³-hybridized carbons (Fsp3) is 0.333. The molecule has 0 radical (unpaired) electrons. The summed E-state index contributed by atoms with van der Waals surface area (Å²) in [6.07, 6.45) is 2.29. The van der Waals surface area contributed by atoms with Gasteiger partial charge in [-0.1, -0.05) is 48.5 Å². The number of hydrogen-bond acceptors (Lipinski definition) is 3. The van der Waals surface area contributed by atoms with E-state index in [1.165, 1.54) is 0 Å². The van der Waals surface area contributed by atoms with Crippen LogP contribution in [0.25, 0.3) is 10.9 Å². The quantitative estimate of drug-likeness (QED) is 0.743.